The molecule has 0 aromatic carbocycles. The maximum Gasteiger partial charge on any atom is 0.326 e. The Morgan fingerprint density at radius 3 is 2.84 bits per heavy atom. The van der Waals surface area contributed by atoms with Gasteiger partial charge in [-0.1, -0.05) is 6.92 Å². The largest absolute Gasteiger partial charge is 0.480 e. The lowest BCUT2D eigenvalue weighted by atomic mass is 9.93. The fraction of sp³-hybridized carbons (Fsp3) is 0.846. The number of carboxylic acids is 1. The van der Waals surface area contributed by atoms with Gasteiger partial charge in [-0.05, 0) is 25.2 Å². The molecule has 3 unspecified atom stereocenters. The molecule has 2 saturated heterocycles. The summed E-state index contributed by atoms with van der Waals surface area (Å²) in [5.74, 6) is -0.199. The fourth-order valence-corrected chi connectivity index (χ4v) is 2.70. The molecule has 2 aliphatic heterocycles. The number of rotatable bonds is 3. The lowest BCUT2D eigenvalue weighted by molar-refractivity contribution is -0.143. The average Bonchev–Trinajstić information content (AvgIpc) is 2.88. The quantitative estimate of drug-likeness (QED) is 0.799. The van der Waals surface area contributed by atoms with Gasteiger partial charge in [0, 0.05) is 25.6 Å². The molecule has 0 aliphatic carbocycles. The van der Waals surface area contributed by atoms with Gasteiger partial charge in [-0.15, -0.1) is 0 Å². The first-order valence-electron chi connectivity index (χ1n) is 6.93. The van der Waals surface area contributed by atoms with Crippen molar-refractivity contribution in [2.45, 2.75) is 32.2 Å². The van der Waals surface area contributed by atoms with E-state index in [0.29, 0.717) is 38.0 Å². The summed E-state index contributed by atoms with van der Waals surface area (Å²) >= 11 is 0. The van der Waals surface area contributed by atoms with E-state index in [9.17, 15) is 14.7 Å². The zero-order valence-corrected chi connectivity index (χ0v) is 11.3. The third-order valence-corrected chi connectivity index (χ3v) is 3.98. The lowest BCUT2D eigenvalue weighted by Crippen LogP contribution is -2.53. The van der Waals surface area contributed by atoms with Crippen LogP contribution in [0.5, 0.6) is 0 Å². The number of carboxylic acid groups (broad SMARTS) is 1. The monoisotopic (exact) mass is 270 g/mol. The Morgan fingerprint density at radius 2 is 2.21 bits per heavy atom. The highest BCUT2D eigenvalue weighted by Crippen LogP contribution is 2.22. The summed E-state index contributed by atoms with van der Waals surface area (Å²) in [6.45, 7) is 4.54. The van der Waals surface area contributed by atoms with Crippen molar-refractivity contribution in [1.29, 1.82) is 0 Å². The zero-order valence-electron chi connectivity index (χ0n) is 11.3. The van der Waals surface area contributed by atoms with E-state index < -0.39 is 12.0 Å². The molecule has 2 amide bonds. The number of nitrogens with zero attached hydrogens (tertiary/aromatic N) is 1. The smallest absolute Gasteiger partial charge is 0.326 e. The van der Waals surface area contributed by atoms with E-state index in [-0.39, 0.29) is 6.03 Å². The van der Waals surface area contributed by atoms with Gasteiger partial charge in [0.15, 0.2) is 0 Å². The van der Waals surface area contributed by atoms with Gasteiger partial charge in [-0.3, -0.25) is 0 Å². The van der Waals surface area contributed by atoms with Gasteiger partial charge in [0.2, 0.25) is 0 Å². The molecule has 2 rings (SSSR count). The van der Waals surface area contributed by atoms with Crippen LogP contribution in [0.1, 0.15) is 26.2 Å². The molecule has 6 nitrogen and oxygen atoms in total. The number of aliphatic carboxylic acids is 1. The van der Waals surface area contributed by atoms with Crippen molar-refractivity contribution in [3.8, 4) is 0 Å². The fourth-order valence-electron chi connectivity index (χ4n) is 2.70. The number of piperidine rings is 1. The topological polar surface area (TPSA) is 78.9 Å². The van der Waals surface area contributed by atoms with Gasteiger partial charge in [0.1, 0.15) is 6.04 Å². The SMILES string of the molecule is CC1CCN(C(=O)NCC2CCOC2)C(C(=O)O)C1. The van der Waals surface area contributed by atoms with Gasteiger partial charge >= 0.3 is 12.0 Å². The molecule has 2 N–H and O–H groups in total. The van der Waals surface area contributed by atoms with Crippen LogP contribution < -0.4 is 5.32 Å². The molecule has 0 aromatic heterocycles. The summed E-state index contributed by atoms with van der Waals surface area (Å²) in [7, 11) is 0. The Balaban J connectivity index is 1.86. The second-order valence-electron chi connectivity index (χ2n) is 5.59. The Bertz CT molecular complexity index is 342. The standard InChI is InChI=1S/C13H22N2O4/c1-9-2-4-15(11(6-9)12(16)17)13(18)14-7-10-3-5-19-8-10/h9-11H,2-8H2,1H3,(H,14,18)(H,16,17). The third kappa shape index (κ3) is 3.59. The van der Waals surface area contributed by atoms with Crippen LogP contribution >= 0.6 is 0 Å². The van der Waals surface area contributed by atoms with Crippen LogP contribution in [0.15, 0.2) is 0 Å². The summed E-state index contributed by atoms with van der Waals surface area (Å²) in [6, 6.07) is -0.949. The maximum atomic E-state index is 12.1. The first-order chi connectivity index (χ1) is 9.08. The molecule has 3 atom stereocenters. The van der Waals surface area contributed by atoms with Crippen molar-refractivity contribution in [2.75, 3.05) is 26.3 Å². The van der Waals surface area contributed by atoms with Crippen molar-refractivity contribution in [2.24, 2.45) is 11.8 Å². The molecule has 2 fully saturated rings. The van der Waals surface area contributed by atoms with Crippen molar-refractivity contribution in [1.82, 2.24) is 10.2 Å². The number of nitrogens with one attached hydrogen (secondary N) is 1. The molecule has 0 saturated carbocycles. The molecule has 108 valence electrons. The Morgan fingerprint density at radius 1 is 1.42 bits per heavy atom. The predicted octanol–water partition coefficient (Wildman–Crippen LogP) is 0.918. The van der Waals surface area contributed by atoms with Gasteiger partial charge in [-0.2, -0.15) is 0 Å². The number of ether oxygens (including phenoxy) is 1. The summed E-state index contributed by atoms with van der Waals surface area (Å²) in [5.41, 5.74) is 0. The van der Waals surface area contributed by atoms with Crippen LogP contribution in [-0.2, 0) is 9.53 Å². The number of carbonyl (C=O) groups is 2. The van der Waals surface area contributed by atoms with E-state index in [2.05, 4.69) is 5.32 Å². The minimum absolute atomic E-state index is 0.258. The molecule has 0 aromatic rings. The first-order valence-corrected chi connectivity index (χ1v) is 6.93. The highest BCUT2D eigenvalue weighted by Gasteiger charge is 2.34. The molecular formula is C13H22N2O4. The van der Waals surface area contributed by atoms with E-state index in [1.165, 1.54) is 4.90 Å². The van der Waals surface area contributed by atoms with Gasteiger partial charge in [-0.25, -0.2) is 9.59 Å². The number of likely N-dealkylation sites (tertiary alicyclic amines) is 1. The number of hydrogen-bond acceptors (Lipinski definition) is 3. The van der Waals surface area contributed by atoms with Crippen LogP contribution in [0.4, 0.5) is 4.79 Å². The molecule has 0 bridgehead atoms. The predicted molar refractivity (Wildman–Crippen MR) is 68.9 cm³/mol. The summed E-state index contributed by atoms with van der Waals surface area (Å²) in [6.07, 6.45) is 2.36. The Kier molecular flexibility index (Phi) is 4.63. The molecule has 2 aliphatic rings. The van der Waals surface area contributed by atoms with Crippen LogP contribution in [0.25, 0.3) is 0 Å². The molecule has 19 heavy (non-hydrogen) atoms. The average molecular weight is 270 g/mol. The minimum Gasteiger partial charge on any atom is -0.480 e. The highest BCUT2D eigenvalue weighted by atomic mass is 16.5. The van der Waals surface area contributed by atoms with Gasteiger partial charge in [0.05, 0.1) is 6.61 Å². The first kappa shape index (κ1) is 14.1. The number of hydrogen-bond donors (Lipinski definition) is 2. The van der Waals surface area contributed by atoms with E-state index in [1.54, 1.807) is 0 Å². The number of amides is 2. The van der Waals surface area contributed by atoms with Crippen molar-refractivity contribution < 1.29 is 19.4 Å². The summed E-state index contributed by atoms with van der Waals surface area (Å²) in [5, 5.41) is 12.1. The van der Waals surface area contributed by atoms with Crippen molar-refractivity contribution in [3.63, 3.8) is 0 Å². The zero-order chi connectivity index (χ0) is 13.8. The van der Waals surface area contributed by atoms with E-state index in [1.807, 2.05) is 6.92 Å². The second-order valence-corrected chi connectivity index (χ2v) is 5.59. The molecule has 2 heterocycles. The number of urea groups is 1. The summed E-state index contributed by atoms with van der Waals surface area (Å²) in [4.78, 5) is 24.8. The Labute approximate surface area is 113 Å². The second kappa shape index (κ2) is 6.23. The van der Waals surface area contributed by atoms with Crippen molar-refractivity contribution in [3.05, 3.63) is 0 Å². The highest BCUT2D eigenvalue weighted by molar-refractivity contribution is 5.82. The molecule has 0 spiro atoms. The van der Waals surface area contributed by atoms with Crippen LogP contribution in [-0.4, -0.2) is 54.4 Å². The molecular weight excluding hydrogens is 248 g/mol. The van der Waals surface area contributed by atoms with Crippen LogP contribution in [0.3, 0.4) is 0 Å². The van der Waals surface area contributed by atoms with Gasteiger partial charge in [0.25, 0.3) is 0 Å². The lowest BCUT2D eigenvalue weighted by Gasteiger charge is -2.36. The van der Waals surface area contributed by atoms with Crippen molar-refractivity contribution >= 4 is 12.0 Å². The molecule has 0 radical (unpaired) electrons. The van der Waals surface area contributed by atoms with E-state index in [4.69, 9.17) is 4.74 Å². The third-order valence-electron chi connectivity index (χ3n) is 3.98. The maximum absolute atomic E-state index is 12.1. The molecule has 6 heteroatoms. The number of carbonyl (C=O) groups excluding carboxylic acids is 1. The van der Waals surface area contributed by atoms with E-state index in [0.717, 1.165) is 19.4 Å². The van der Waals surface area contributed by atoms with Gasteiger partial charge < -0.3 is 20.1 Å². The summed E-state index contributed by atoms with van der Waals surface area (Å²) < 4.78 is 5.25. The van der Waals surface area contributed by atoms with E-state index >= 15 is 0 Å². The van der Waals surface area contributed by atoms with Crippen LogP contribution in [0, 0.1) is 11.8 Å². The Hall–Kier alpha value is -1.30. The normalized spacial score (nSPS) is 31.2. The minimum atomic E-state index is -0.911. The van der Waals surface area contributed by atoms with Crippen LogP contribution in [0.2, 0.25) is 0 Å².